The molecule has 0 spiro atoms. The van der Waals surface area contributed by atoms with E-state index in [1.807, 2.05) is 0 Å². The molecule has 0 heterocycles. The highest BCUT2D eigenvalue weighted by Crippen LogP contribution is 2.47. The zero-order valence-corrected chi connectivity index (χ0v) is 7.13. The molecule has 1 heteroatoms. The second-order valence-electron chi connectivity index (χ2n) is 3.97. The summed E-state index contributed by atoms with van der Waals surface area (Å²) in [6.45, 7) is 3.90. The summed E-state index contributed by atoms with van der Waals surface area (Å²) < 4.78 is 0. The average Bonchev–Trinajstić information content (AvgIpc) is 2.43. The lowest BCUT2D eigenvalue weighted by Gasteiger charge is -2.18. The van der Waals surface area contributed by atoms with E-state index in [9.17, 15) is 4.79 Å². The smallest absolute Gasteiger partial charge is 0.133 e. The number of Topliss-reactive ketones (excluding diaryl/α,β-unsaturated/α-hetero) is 1. The summed E-state index contributed by atoms with van der Waals surface area (Å²) in [7, 11) is 0. The van der Waals surface area contributed by atoms with Crippen molar-refractivity contribution in [3.63, 3.8) is 0 Å². The van der Waals surface area contributed by atoms with Crippen LogP contribution >= 0.6 is 0 Å². The van der Waals surface area contributed by atoms with Gasteiger partial charge in [0.1, 0.15) is 5.78 Å². The highest BCUT2D eigenvalue weighted by Gasteiger charge is 2.40. The maximum atomic E-state index is 11.2. The van der Waals surface area contributed by atoms with Gasteiger partial charge < -0.3 is 0 Å². The summed E-state index contributed by atoms with van der Waals surface area (Å²) in [5.41, 5.74) is 1.46. The Morgan fingerprint density at radius 1 is 1.55 bits per heavy atom. The van der Waals surface area contributed by atoms with Gasteiger partial charge in [0.05, 0.1) is 0 Å². The molecule has 2 bridgehead atoms. The SMILES string of the molecule is CC(=O)[C@@H]1C[C@@H]2C=C(C)[C@H]1C2. The number of carbonyl (C=O) groups is 1. The summed E-state index contributed by atoms with van der Waals surface area (Å²) in [5, 5.41) is 0. The second-order valence-corrected chi connectivity index (χ2v) is 3.97. The van der Waals surface area contributed by atoms with Gasteiger partial charge in [0, 0.05) is 5.92 Å². The van der Waals surface area contributed by atoms with Crippen LogP contribution in [0.3, 0.4) is 0 Å². The van der Waals surface area contributed by atoms with Gasteiger partial charge in [-0.15, -0.1) is 0 Å². The minimum absolute atomic E-state index is 0.366. The van der Waals surface area contributed by atoms with Gasteiger partial charge in [-0.25, -0.2) is 0 Å². The first kappa shape index (κ1) is 7.08. The lowest BCUT2D eigenvalue weighted by atomic mass is 9.86. The molecule has 0 aromatic carbocycles. The van der Waals surface area contributed by atoms with Gasteiger partial charge in [-0.3, -0.25) is 4.79 Å². The average molecular weight is 150 g/mol. The van der Waals surface area contributed by atoms with E-state index in [0.29, 0.717) is 17.6 Å². The van der Waals surface area contributed by atoms with E-state index in [1.165, 1.54) is 12.0 Å². The molecule has 0 N–H and O–H groups in total. The fourth-order valence-corrected chi connectivity index (χ4v) is 2.66. The molecule has 0 aliphatic heterocycles. The van der Waals surface area contributed by atoms with Crippen molar-refractivity contribution < 1.29 is 4.79 Å². The standard InChI is InChI=1S/C10H14O/c1-6-3-8-4-9(6)10(5-8)7(2)11/h3,8-10H,4-5H2,1-2H3/t8-,9-,10+/m1/s1. The molecule has 1 nitrogen and oxygen atoms in total. The molecule has 0 aromatic heterocycles. The summed E-state index contributed by atoms with van der Waals surface area (Å²) in [6.07, 6.45) is 4.72. The third kappa shape index (κ3) is 0.943. The minimum atomic E-state index is 0.366. The molecular formula is C10H14O. The monoisotopic (exact) mass is 150 g/mol. The van der Waals surface area contributed by atoms with Crippen molar-refractivity contribution in [2.24, 2.45) is 17.8 Å². The molecule has 0 saturated heterocycles. The number of fused-ring (bicyclic) bond motifs is 2. The maximum absolute atomic E-state index is 11.2. The third-order valence-electron chi connectivity index (χ3n) is 3.20. The number of hydrogen-bond donors (Lipinski definition) is 0. The molecule has 2 rings (SSSR count). The normalized spacial score (nSPS) is 40.9. The number of hydrogen-bond acceptors (Lipinski definition) is 1. The van der Waals surface area contributed by atoms with Crippen LogP contribution in [0.1, 0.15) is 26.7 Å². The fraction of sp³-hybridized carbons (Fsp3) is 0.700. The van der Waals surface area contributed by atoms with Gasteiger partial charge in [0.2, 0.25) is 0 Å². The Bertz CT molecular complexity index is 227. The summed E-state index contributed by atoms with van der Waals surface area (Å²) in [5.74, 6) is 2.10. The fourth-order valence-electron chi connectivity index (χ4n) is 2.66. The van der Waals surface area contributed by atoms with Crippen molar-refractivity contribution >= 4 is 5.78 Å². The predicted molar refractivity (Wildman–Crippen MR) is 44.1 cm³/mol. The lowest BCUT2D eigenvalue weighted by molar-refractivity contribution is -0.121. The van der Waals surface area contributed by atoms with Crippen molar-refractivity contribution in [2.45, 2.75) is 26.7 Å². The first-order chi connectivity index (χ1) is 5.18. The second kappa shape index (κ2) is 2.20. The van der Waals surface area contributed by atoms with Crippen molar-refractivity contribution in [2.75, 3.05) is 0 Å². The highest BCUT2D eigenvalue weighted by molar-refractivity contribution is 5.79. The first-order valence-electron chi connectivity index (χ1n) is 4.37. The molecule has 11 heavy (non-hydrogen) atoms. The van der Waals surface area contributed by atoms with Crippen LogP contribution in [0.2, 0.25) is 0 Å². The van der Waals surface area contributed by atoms with Crippen molar-refractivity contribution in [3.05, 3.63) is 11.6 Å². The molecule has 0 radical (unpaired) electrons. The molecular weight excluding hydrogens is 136 g/mol. The van der Waals surface area contributed by atoms with E-state index >= 15 is 0 Å². The van der Waals surface area contributed by atoms with Gasteiger partial charge in [-0.1, -0.05) is 11.6 Å². The molecule has 2 aliphatic rings. The van der Waals surface area contributed by atoms with E-state index in [2.05, 4.69) is 13.0 Å². The van der Waals surface area contributed by atoms with Crippen LogP contribution in [-0.2, 0) is 4.79 Å². The van der Waals surface area contributed by atoms with Gasteiger partial charge >= 0.3 is 0 Å². The Kier molecular flexibility index (Phi) is 1.41. The molecule has 1 fully saturated rings. The Morgan fingerprint density at radius 3 is 2.64 bits per heavy atom. The predicted octanol–water partition coefficient (Wildman–Crippen LogP) is 2.18. The first-order valence-corrected chi connectivity index (χ1v) is 4.37. The Labute approximate surface area is 67.5 Å². The lowest BCUT2D eigenvalue weighted by Crippen LogP contribution is -2.18. The number of carbonyl (C=O) groups excluding carboxylic acids is 1. The van der Waals surface area contributed by atoms with Crippen LogP contribution in [-0.4, -0.2) is 5.78 Å². The minimum Gasteiger partial charge on any atom is -0.300 e. The van der Waals surface area contributed by atoms with E-state index < -0.39 is 0 Å². The van der Waals surface area contributed by atoms with E-state index in [4.69, 9.17) is 0 Å². The Morgan fingerprint density at radius 2 is 2.27 bits per heavy atom. The van der Waals surface area contributed by atoms with Crippen LogP contribution < -0.4 is 0 Å². The highest BCUT2D eigenvalue weighted by atomic mass is 16.1. The molecule has 2 aliphatic carbocycles. The number of rotatable bonds is 1. The number of allylic oxidation sites excluding steroid dienone is 2. The van der Waals surface area contributed by atoms with Crippen LogP contribution in [0, 0.1) is 17.8 Å². The van der Waals surface area contributed by atoms with Crippen LogP contribution in [0.15, 0.2) is 11.6 Å². The van der Waals surface area contributed by atoms with E-state index in [0.717, 1.165) is 12.3 Å². The summed E-state index contributed by atoms with van der Waals surface area (Å²) >= 11 is 0. The molecule has 0 aromatic rings. The Hall–Kier alpha value is -0.590. The molecule has 3 atom stereocenters. The summed E-state index contributed by atoms with van der Waals surface area (Å²) in [6, 6.07) is 0. The third-order valence-corrected chi connectivity index (χ3v) is 3.20. The molecule has 0 amide bonds. The Balaban J connectivity index is 2.21. The van der Waals surface area contributed by atoms with Gasteiger partial charge in [-0.05, 0) is 38.5 Å². The summed E-state index contributed by atoms with van der Waals surface area (Å²) in [4.78, 5) is 11.2. The molecule has 1 saturated carbocycles. The maximum Gasteiger partial charge on any atom is 0.133 e. The number of ketones is 1. The van der Waals surface area contributed by atoms with Crippen molar-refractivity contribution in [3.8, 4) is 0 Å². The van der Waals surface area contributed by atoms with Crippen molar-refractivity contribution in [1.82, 2.24) is 0 Å². The molecule has 60 valence electrons. The van der Waals surface area contributed by atoms with E-state index in [-0.39, 0.29) is 0 Å². The quantitative estimate of drug-likeness (QED) is 0.523. The topological polar surface area (TPSA) is 17.1 Å². The van der Waals surface area contributed by atoms with E-state index in [1.54, 1.807) is 6.92 Å². The zero-order valence-electron chi connectivity index (χ0n) is 7.13. The van der Waals surface area contributed by atoms with Crippen molar-refractivity contribution in [1.29, 1.82) is 0 Å². The zero-order chi connectivity index (χ0) is 8.01. The molecule has 0 unspecified atom stereocenters. The van der Waals surface area contributed by atoms with Gasteiger partial charge in [-0.2, -0.15) is 0 Å². The van der Waals surface area contributed by atoms with Gasteiger partial charge in [0.15, 0.2) is 0 Å². The van der Waals surface area contributed by atoms with Crippen LogP contribution in [0.25, 0.3) is 0 Å². The van der Waals surface area contributed by atoms with Crippen LogP contribution in [0.5, 0.6) is 0 Å². The largest absolute Gasteiger partial charge is 0.300 e. The van der Waals surface area contributed by atoms with Gasteiger partial charge in [0.25, 0.3) is 0 Å². The van der Waals surface area contributed by atoms with Crippen LogP contribution in [0.4, 0.5) is 0 Å².